The van der Waals surface area contributed by atoms with Crippen LogP contribution in [0.4, 0.5) is 0 Å². The van der Waals surface area contributed by atoms with Crippen molar-refractivity contribution in [2.24, 2.45) is 0 Å². The summed E-state index contributed by atoms with van der Waals surface area (Å²) in [5, 5.41) is 3.33. The molecule has 0 aliphatic carbocycles. The van der Waals surface area contributed by atoms with Crippen molar-refractivity contribution in [3.63, 3.8) is 0 Å². The van der Waals surface area contributed by atoms with Crippen LogP contribution >= 0.6 is 0 Å². The molecule has 15 heavy (non-hydrogen) atoms. The zero-order chi connectivity index (χ0) is 11.6. The third-order valence-corrected chi connectivity index (χ3v) is 2.97. The Balaban J connectivity index is 3.18. The zero-order valence-electron chi connectivity index (χ0n) is 10.7. The van der Waals surface area contributed by atoms with Crippen molar-refractivity contribution in [2.45, 2.75) is 26.9 Å². The molecule has 0 saturated heterocycles. The monoisotopic (exact) mass is 206 g/mol. The summed E-state index contributed by atoms with van der Waals surface area (Å²) < 4.78 is 0. The zero-order valence-corrected chi connectivity index (χ0v) is 10.7. The molecule has 84 valence electrons. The van der Waals surface area contributed by atoms with Crippen LogP contribution in [0.3, 0.4) is 0 Å². The highest BCUT2D eigenvalue weighted by atomic mass is 15.2. The van der Waals surface area contributed by atoms with E-state index in [-0.39, 0.29) is 0 Å². The van der Waals surface area contributed by atoms with E-state index in [0.29, 0.717) is 6.17 Å². The Labute approximate surface area is 93.3 Å². The highest BCUT2D eigenvalue weighted by Gasteiger charge is 2.14. The van der Waals surface area contributed by atoms with Gasteiger partial charge in [0.2, 0.25) is 0 Å². The van der Waals surface area contributed by atoms with Crippen LogP contribution in [0, 0.1) is 20.8 Å². The topological polar surface area (TPSA) is 15.3 Å². The molecule has 0 amide bonds. The Morgan fingerprint density at radius 2 is 1.53 bits per heavy atom. The first-order valence-corrected chi connectivity index (χ1v) is 5.38. The molecule has 1 aromatic rings. The fraction of sp³-hybridized carbons (Fsp3) is 0.538. The number of hydrogen-bond donors (Lipinski definition) is 1. The van der Waals surface area contributed by atoms with Crippen molar-refractivity contribution < 1.29 is 0 Å². The van der Waals surface area contributed by atoms with Gasteiger partial charge in [-0.25, -0.2) is 0 Å². The molecule has 0 spiro atoms. The maximum absolute atomic E-state index is 3.33. The molecular formula is C13H22N2. The summed E-state index contributed by atoms with van der Waals surface area (Å²) in [7, 11) is 6.19. The second-order valence-electron chi connectivity index (χ2n) is 4.45. The highest BCUT2D eigenvalue weighted by Crippen LogP contribution is 2.22. The average molecular weight is 206 g/mol. The van der Waals surface area contributed by atoms with Crippen molar-refractivity contribution in [1.82, 2.24) is 10.2 Å². The summed E-state index contributed by atoms with van der Waals surface area (Å²) in [6.45, 7) is 6.51. The molecule has 0 radical (unpaired) electrons. The lowest BCUT2D eigenvalue weighted by Gasteiger charge is -2.26. The van der Waals surface area contributed by atoms with Crippen LogP contribution in [0.25, 0.3) is 0 Å². The lowest BCUT2D eigenvalue weighted by atomic mass is 9.98. The molecule has 1 unspecified atom stereocenters. The van der Waals surface area contributed by atoms with Crippen LogP contribution in [0.15, 0.2) is 12.1 Å². The predicted molar refractivity (Wildman–Crippen MR) is 66.1 cm³/mol. The summed E-state index contributed by atoms with van der Waals surface area (Å²) >= 11 is 0. The smallest absolute Gasteiger partial charge is 0.0856 e. The van der Waals surface area contributed by atoms with Gasteiger partial charge in [-0.1, -0.05) is 12.1 Å². The molecule has 1 aromatic carbocycles. The first-order chi connectivity index (χ1) is 6.97. The van der Waals surface area contributed by atoms with Crippen LogP contribution in [0.1, 0.15) is 28.4 Å². The maximum Gasteiger partial charge on any atom is 0.0856 e. The normalized spacial score (nSPS) is 13.3. The lowest BCUT2D eigenvalue weighted by Crippen LogP contribution is -2.31. The third-order valence-electron chi connectivity index (χ3n) is 2.97. The Morgan fingerprint density at radius 3 is 2.00 bits per heavy atom. The van der Waals surface area contributed by atoms with E-state index >= 15 is 0 Å². The number of aryl methyl sites for hydroxylation is 3. The summed E-state index contributed by atoms with van der Waals surface area (Å²) in [6.07, 6.45) is 0.296. The van der Waals surface area contributed by atoms with Crippen LogP contribution in [-0.4, -0.2) is 26.0 Å². The second kappa shape index (κ2) is 4.77. The van der Waals surface area contributed by atoms with Crippen LogP contribution < -0.4 is 5.32 Å². The van der Waals surface area contributed by atoms with E-state index in [1.807, 2.05) is 7.05 Å². The van der Waals surface area contributed by atoms with Crippen molar-refractivity contribution in [1.29, 1.82) is 0 Å². The maximum atomic E-state index is 3.33. The van der Waals surface area contributed by atoms with Gasteiger partial charge in [0, 0.05) is 0 Å². The molecule has 0 saturated carbocycles. The summed E-state index contributed by atoms with van der Waals surface area (Å²) in [5.74, 6) is 0. The predicted octanol–water partition coefficient (Wildman–Crippen LogP) is 2.39. The quantitative estimate of drug-likeness (QED) is 0.764. The molecule has 0 aliphatic rings. The number of nitrogens with zero attached hydrogens (tertiary/aromatic N) is 1. The molecule has 0 aliphatic heterocycles. The summed E-state index contributed by atoms with van der Waals surface area (Å²) in [6, 6.07) is 4.55. The van der Waals surface area contributed by atoms with Gasteiger partial charge in [-0.2, -0.15) is 0 Å². The Hall–Kier alpha value is -0.860. The minimum absolute atomic E-state index is 0.296. The van der Waals surface area contributed by atoms with Crippen molar-refractivity contribution in [3.8, 4) is 0 Å². The van der Waals surface area contributed by atoms with Gasteiger partial charge in [0.1, 0.15) is 0 Å². The van der Waals surface area contributed by atoms with Gasteiger partial charge in [0.15, 0.2) is 0 Å². The lowest BCUT2D eigenvalue weighted by molar-refractivity contribution is 0.263. The van der Waals surface area contributed by atoms with Gasteiger partial charge in [0.05, 0.1) is 6.17 Å². The standard InChI is InChI=1S/C13H22N2/c1-9-7-11(3)12(8-10(9)2)13(14-4)15(5)6/h7-8,13-14H,1-6H3. The van der Waals surface area contributed by atoms with Crippen LogP contribution in [-0.2, 0) is 0 Å². The Bertz CT molecular complexity index is 343. The molecule has 0 heterocycles. The molecule has 2 nitrogen and oxygen atoms in total. The van der Waals surface area contributed by atoms with Crippen molar-refractivity contribution in [2.75, 3.05) is 21.1 Å². The van der Waals surface area contributed by atoms with Crippen molar-refractivity contribution >= 4 is 0 Å². The van der Waals surface area contributed by atoms with E-state index in [4.69, 9.17) is 0 Å². The molecular weight excluding hydrogens is 184 g/mol. The Morgan fingerprint density at radius 1 is 1.00 bits per heavy atom. The van der Waals surface area contributed by atoms with Gasteiger partial charge in [-0.05, 0) is 64.2 Å². The first kappa shape index (κ1) is 12.2. The fourth-order valence-corrected chi connectivity index (χ4v) is 1.97. The fourth-order valence-electron chi connectivity index (χ4n) is 1.97. The van der Waals surface area contributed by atoms with Gasteiger partial charge < -0.3 is 5.32 Å². The summed E-state index contributed by atoms with van der Waals surface area (Å²) in [5.41, 5.74) is 5.44. The number of hydrogen-bond acceptors (Lipinski definition) is 2. The Kier molecular flexibility index (Phi) is 3.89. The molecule has 1 rings (SSSR count). The van der Waals surface area contributed by atoms with E-state index in [2.05, 4.69) is 57.2 Å². The van der Waals surface area contributed by atoms with Crippen LogP contribution in [0.2, 0.25) is 0 Å². The second-order valence-corrected chi connectivity index (χ2v) is 4.45. The molecule has 1 atom stereocenters. The van der Waals surface area contributed by atoms with Gasteiger partial charge in [-0.3, -0.25) is 4.90 Å². The van der Waals surface area contributed by atoms with Gasteiger partial charge in [-0.15, -0.1) is 0 Å². The van der Waals surface area contributed by atoms with E-state index in [0.717, 1.165) is 0 Å². The minimum Gasteiger partial charge on any atom is -0.301 e. The molecule has 1 N–H and O–H groups in total. The third kappa shape index (κ3) is 2.58. The molecule has 0 bridgehead atoms. The van der Waals surface area contributed by atoms with E-state index in [1.54, 1.807) is 0 Å². The minimum atomic E-state index is 0.296. The highest BCUT2D eigenvalue weighted by molar-refractivity contribution is 5.38. The molecule has 0 aromatic heterocycles. The van der Waals surface area contributed by atoms with Gasteiger partial charge >= 0.3 is 0 Å². The SMILES string of the molecule is CNC(c1cc(C)c(C)cc1C)N(C)C. The average Bonchev–Trinajstić information content (AvgIpc) is 2.14. The van der Waals surface area contributed by atoms with Crippen LogP contribution in [0.5, 0.6) is 0 Å². The number of nitrogens with one attached hydrogen (secondary N) is 1. The largest absolute Gasteiger partial charge is 0.301 e. The van der Waals surface area contributed by atoms with E-state index in [1.165, 1.54) is 22.3 Å². The van der Waals surface area contributed by atoms with Gasteiger partial charge in [0.25, 0.3) is 0 Å². The van der Waals surface area contributed by atoms with E-state index in [9.17, 15) is 0 Å². The number of benzene rings is 1. The first-order valence-electron chi connectivity index (χ1n) is 5.38. The van der Waals surface area contributed by atoms with Crippen molar-refractivity contribution in [3.05, 3.63) is 34.4 Å². The molecule has 2 heteroatoms. The van der Waals surface area contributed by atoms with E-state index < -0.39 is 0 Å². The summed E-state index contributed by atoms with van der Waals surface area (Å²) in [4.78, 5) is 2.19. The molecule has 0 fully saturated rings. The number of rotatable bonds is 3.